The first-order chi connectivity index (χ1) is 11.4. The summed E-state index contributed by atoms with van der Waals surface area (Å²) in [5.41, 5.74) is -1.95. The van der Waals surface area contributed by atoms with Gasteiger partial charge in [-0.05, 0) is 43.7 Å². The van der Waals surface area contributed by atoms with Crippen molar-refractivity contribution in [2.75, 3.05) is 5.32 Å². The van der Waals surface area contributed by atoms with Crippen molar-refractivity contribution in [2.24, 2.45) is 0 Å². The molecule has 0 saturated heterocycles. The highest BCUT2D eigenvalue weighted by Crippen LogP contribution is 2.36. The van der Waals surface area contributed by atoms with E-state index in [1.54, 1.807) is 26.0 Å². The smallest absolute Gasteiger partial charge is 0.322 e. The van der Waals surface area contributed by atoms with Crippen molar-refractivity contribution in [1.82, 2.24) is 0 Å². The molecule has 1 amide bonds. The second-order valence-corrected chi connectivity index (χ2v) is 5.57. The Labute approximate surface area is 139 Å². The molecule has 0 atom stereocenters. The fourth-order valence-corrected chi connectivity index (χ4v) is 2.23. The van der Waals surface area contributed by atoms with Gasteiger partial charge in [-0.1, -0.05) is 17.7 Å². The summed E-state index contributed by atoms with van der Waals surface area (Å²) in [5.74, 6) is -1.05. The first-order valence-electron chi connectivity index (χ1n) is 7.06. The molecule has 0 radical (unpaired) electrons. The highest BCUT2D eigenvalue weighted by atomic mass is 19.4. The van der Waals surface area contributed by atoms with Gasteiger partial charge in [-0.25, -0.2) is 0 Å². The van der Waals surface area contributed by atoms with Crippen LogP contribution in [0.5, 0.6) is 0 Å². The summed E-state index contributed by atoms with van der Waals surface area (Å²) in [6.45, 7) is 3.47. The zero-order valence-corrected chi connectivity index (χ0v) is 13.1. The summed E-state index contributed by atoms with van der Waals surface area (Å²) in [4.78, 5) is 12.2. The molecule has 0 aliphatic heterocycles. The Hall–Kier alpha value is -2.51. The lowest BCUT2D eigenvalue weighted by Crippen LogP contribution is -2.17. The van der Waals surface area contributed by atoms with Gasteiger partial charge in [0.1, 0.15) is 0 Å². The fourth-order valence-electron chi connectivity index (χ4n) is 2.23. The summed E-state index contributed by atoms with van der Waals surface area (Å²) in [6, 6.07) is 5.69. The maximum Gasteiger partial charge on any atom is 0.416 e. The third-order valence-electron chi connectivity index (χ3n) is 3.48. The maximum atomic E-state index is 12.8. The average molecular weight is 361 g/mol. The van der Waals surface area contributed by atoms with E-state index in [1.165, 1.54) is 6.07 Å². The van der Waals surface area contributed by atoms with Crippen molar-refractivity contribution in [3.05, 3.63) is 64.2 Å². The van der Waals surface area contributed by atoms with E-state index < -0.39 is 35.0 Å². The van der Waals surface area contributed by atoms with Gasteiger partial charge in [0, 0.05) is 11.3 Å². The quantitative estimate of drug-likeness (QED) is 0.694. The van der Waals surface area contributed by atoms with Crippen molar-refractivity contribution < 1.29 is 31.1 Å². The third-order valence-corrected chi connectivity index (χ3v) is 3.48. The molecule has 0 saturated carbocycles. The van der Waals surface area contributed by atoms with Gasteiger partial charge in [-0.3, -0.25) is 4.79 Å². The lowest BCUT2D eigenvalue weighted by molar-refractivity contribution is -0.143. The van der Waals surface area contributed by atoms with Gasteiger partial charge >= 0.3 is 12.4 Å². The van der Waals surface area contributed by atoms with E-state index in [-0.39, 0.29) is 6.07 Å². The fraction of sp³-hybridized carbons (Fsp3) is 0.235. The van der Waals surface area contributed by atoms with E-state index in [9.17, 15) is 31.1 Å². The van der Waals surface area contributed by atoms with E-state index in [4.69, 9.17) is 0 Å². The number of hydrogen-bond acceptors (Lipinski definition) is 1. The molecule has 2 nitrogen and oxygen atoms in total. The molecule has 25 heavy (non-hydrogen) atoms. The van der Waals surface area contributed by atoms with E-state index in [2.05, 4.69) is 5.32 Å². The Morgan fingerprint density at radius 1 is 0.840 bits per heavy atom. The number of halogens is 6. The molecule has 0 fully saturated rings. The first kappa shape index (κ1) is 18.8. The normalized spacial score (nSPS) is 12.2. The topological polar surface area (TPSA) is 29.1 Å². The van der Waals surface area contributed by atoms with Gasteiger partial charge in [-0.15, -0.1) is 0 Å². The molecule has 0 aromatic heterocycles. The number of benzene rings is 2. The van der Waals surface area contributed by atoms with Crippen molar-refractivity contribution in [1.29, 1.82) is 0 Å². The van der Waals surface area contributed by atoms with Gasteiger partial charge in [0.15, 0.2) is 0 Å². The minimum atomic E-state index is -5.00. The molecule has 2 rings (SSSR count). The van der Waals surface area contributed by atoms with Crippen LogP contribution in [0.15, 0.2) is 36.4 Å². The number of amides is 1. The summed E-state index contributed by atoms with van der Waals surface area (Å²) in [7, 11) is 0. The van der Waals surface area contributed by atoms with Crippen molar-refractivity contribution >= 4 is 11.6 Å². The molecule has 0 aliphatic carbocycles. The molecule has 0 unspecified atom stereocenters. The third kappa shape index (κ3) is 4.52. The summed E-state index contributed by atoms with van der Waals surface area (Å²) < 4.78 is 77.0. The van der Waals surface area contributed by atoms with Crippen LogP contribution in [-0.4, -0.2) is 5.91 Å². The van der Waals surface area contributed by atoms with Gasteiger partial charge in [0.2, 0.25) is 0 Å². The van der Waals surface area contributed by atoms with Crippen LogP contribution in [0.3, 0.4) is 0 Å². The van der Waals surface area contributed by atoms with Crippen LogP contribution in [0.4, 0.5) is 32.0 Å². The van der Waals surface area contributed by atoms with Crippen LogP contribution in [-0.2, 0) is 12.4 Å². The highest BCUT2D eigenvalue weighted by Gasteiger charge is 2.37. The number of aryl methyl sites for hydroxylation is 2. The number of hydrogen-bond donors (Lipinski definition) is 1. The zero-order valence-electron chi connectivity index (χ0n) is 13.1. The summed E-state index contributed by atoms with van der Waals surface area (Å²) in [5, 5.41) is 2.34. The van der Waals surface area contributed by atoms with E-state index >= 15 is 0 Å². The Kier molecular flexibility index (Phi) is 4.83. The summed E-state index contributed by atoms with van der Waals surface area (Å²) in [6.07, 6.45) is -10.0. The SMILES string of the molecule is Cc1ccc(NC(=O)c2cc(C(F)(F)F)cc(C(F)(F)F)c2)c(C)c1. The molecule has 2 aromatic rings. The minimum Gasteiger partial charge on any atom is -0.322 e. The van der Waals surface area contributed by atoms with Gasteiger partial charge < -0.3 is 5.32 Å². The lowest BCUT2D eigenvalue weighted by Gasteiger charge is -2.15. The second-order valence-electron chi connectivity index (χ2n) is 5.57. The monoisotopic (exact) mass is 361 g/mol. The number of carbonyl (C=O) groups is 1. The van der Waals surface area contributed by atoms with Crippen molar-refractivity contribution in [3.8, 4) is 0 Å². The number of rotatable bonds is 2. The Balaban J connectivity index is 2.44. The predicted octanol–water partition coefficient (Wildman–Crippen LogP) is 5.59. The predicted molar refractivity (Wildman–Crippen MR) is 80.3 cm³/mol. The van der Waals surface area contributed by atoms with Crippen LogP contribution in [0, 0.1) is 13.8 Å². The molecule has 8 heteroatoms. The number of carbonyl (C=O) groups excluding carboxylic acids is 1. The van der Waals surface area contributed by atoms with Crippen molar-refractivity contribution in [2.45, 2.75) is 26.2 Å². The zero-order chi connectivity index (χ0) is 19.0. The molecular weight excluding hydrogens is 348 g/mol. The summed E-state index contributed by atoms with van der Waals surface area (Å²) >= 11 is 0. The van der Waals surface area contributed by atoms with Gasteiger partial charge in [0.05, 0.1) is 11.1 Å². The number of alkyl halides is 6. The van der Waals surface area contributed by atoms with E-state index in [0.717, 1.165) is 5.56 Å². The number of nitrogens with one attached hydrogen (secondary N) is 1. The minimum absolute atomic E-state index is 0.0199. The number of anilines is 1. The molecule has 0 heterocycles. The van der Waals surface area contributed by atoms with Crippen LogP contribution in [0.2, 0.25) is 0 Å². The molecule has 0 aliphatic rings. The Morgan fingerprint density at radius 2 is 1.36 bits per heavy atom. The molecule has 0 bridgehead atoms. The van der Waals surface area contributed by atoms with Crippen LogP contribution >= 0.6 is 0 Å². The molecule has 2 aromatic carbocycles. The second kappa shape index (κ2) is 6.42. The standard InChI is InChI=1S/C17H13F6NO/c1-9-3-4-14(10(2)5-9)24-15(25)11-6-12(16(18,19)20)8-13(7-11)17(21,22)23/h3-8H,1-2H3,(H,24,25). The van der Waals surface area contributed by atoms with Gasteiger partial charge in [-0.2, -0.15) is 26.3 Å². The van der Waals surface area contributed by atoms with E-state index in [0.29, 0.717) is 23.4 Å². The Bertz CT molecular complexity index is 776. The first-order valence-corrected chi connectivity index (χ1v) is 7.06. The van der Waals surface area contributed by atoms with Gasteiger partial charge in [0.25, 0.3) is 5.91 Å². The van der Waals surface area contributed by atoms with Crippen LogP contribution in [0.1, 0.15) is 32.6 Å². The largest absolute Gasteiger partial charge is 0.416 e. The molecule has 0 spiro atoms. The van der Waals surface area contributed by atoms with Crippen LogP contribution in [0.25, 0.3) is 0 Å². The maximum absolute atomic E-state index is 12.8. The Morgan fingerprint density at radius 3 is 1.80 bits per heavy atom. The highest BCUT2D eigenvalue weighted by molar-refractivity contribution is 6.05. The molecular formula is C17H13F6NO. The average Bonchev–Trinajstić information content (AvgIpc) is 2.47. The lowest BCUT2D eigenvalue weighted by atomic mass is 10.0. The van der Waals surface area contributed by atoms with E-state index in [1.807, 2.05) is 0 Å². The molecule has 1 N–H and O–H groups in total. The molecule has 134 valence electrons. The van der Waals surface area contributed by atoms with Crippen LogP contribution < -0.4 is 5.32 Å². The van der Waals surface area contributed by atoms with Crippen molar-refractivity contribution in [3.63, 3.8) is 0 Å².